The van der Waals surface area contributed by atoms with E-state index in [-0.39, 0.29) is 11.5 Å². The highest BCUT2D eigenvalue weighted by Gasteiger charge is 2.06. The molecule has 1 aromatic heterocycles. The van der Waals surface area contributed by atoms with Crippen LogP contribution in [0.4, 0.5) is 11.4 Å². The number of carbonyl (C=O) groups is 1. The van der Waals surface area contributed by atoms with Crippen molar-refractivity contribution in [2.75, 3.05) is 5.32 Å². The van der Waals surface area contributed by atoms with E-state index in [0.29, 0.717) is 17.1 Å². The predicted molar refractivity (Wildman–Crippen MR) is 98.0 cm³/mol. The van der Waals surface area contributed by atoms with Crippen LogP contribution in [0.5, 0.6) is 0 Å². The van der Waals surface area contributed by atoms with Gasteiger partial charge in [-0.25, -0.2) is 4.85 Å². The Bertz CT molecular complexity index is 1050. The SMILES string of the molecule is [C-]#[N+]c1cccc(-c2ccc(=O)n(-c3cccc(NC(C)=O)c3)c2)c1. The normalized spacial score (nSPS) is 10.1. The Morgan fingerprint density at radius 1 is 1.04 bits per heavy atom. The number of anilines is 1. The van der Waals surface area contributed by atoms with Crippen molar-refractivity contribution >= 4 is 17.3 Å². The van der Waals surface area contributed by atoms with Crippen molar-refractivity contribution < 1.29 is 4.79 Å². The van der Waals surface area contributed by atoms with Crippen LogP contribution in [0.1, 0.15) is 6.92 Å². The average Bonchev–Trinajstić information content (AvgIpc) is 2.62. The number of rotatable bonds is 3. The molecule has 1 N–H and O–H groups in total. The molecule has 3 aromatic rings. The fraction of sp³-hybridized carbons (Fsp3) is 0.0500. The van der Waals surface area contributed by atoms with E-state index in [9.17, 15) is 9.59 Å². The third kappa shape index (κ3) is 3.65. The van der Waals surface area contributed by atoms with E-state index in [1.54, 1.807) is 48.7 Å². The maximum absolute atomic E-state index is 12.3. The minimum absolute atomic E-state index is 0.172. The highest BCUT2D eigenvalue weighted by molar-refractivity contribution is 5.88. The summed E-state index contributed by atoms with van der Waals surface area (Å²) in [5, 5.41) is 2.71. The fourth-order valence-corrected chi connectivity index (χ4v) is 2.55. The first-order valence-corrected chi connectivity index (χ1v) is 7.65. The molecule has 0 aliphatic carbocycles. The van der Waals surface area contributed by atoms with E-state index in [4.69, 9.17) is 6.57 Å². The molecule has 1 heterocycles. The third-order valence-electron chi connectivity index (χ3n) is 3.66. The molecule has 1 amide bonds. The van der Waals surface area contributed by atoms with Crippen LogP contribution in [0.2, 0.25) is 0 Å². The molecule has 0 radical (unpaired) electrons. The van der Waals surface area contributed by atoms with Gasteiger partial charge in [-0.3, -0.25) is 14.2 Å². The van der Waals surface area contributed by atoms with Crippen molar-refractivity contribution in [3.8, 4) is 16.8 Å². The van der Waals surface area contributed by atoms with Crippen molar-refractivity contribution in [1.82, 2.24) is 4.57 Å². The summed E-state index contributed by atoms with van der Waals surface area (Å²) in [6.45, 7) is 8.56. The Morgan fingerprint density at radius 2 is 1.84 bits per heavy atom. The summed E-state index contributed by atoms with van der Waals surface area (Å²) in [6.07, 6.45) is 1.73. The van der Waals surface area contributed by atoms with Gasteiger partial charge in [0.15, 0.2) is 5.69 Å². The van der Waals surface area contributed by atoms with Crippen molar-refractivity contribution in [2.24, 2.45) is 0 Å². The van der Waals surface area contributed by atoms with Gasteiger partial charge in [0, 0.05) is 24.9 Å². The lowest BCUT2D eigenvalue weighted by atomic mass is 10.1. The summed E-state index contributed by atoms with van der Waals surface area (Å²) in [5.41, 5.74) is 3.33. The highest BCUT2D eigenvalue weighted by atomic mass is 16.1. The molecule has 5 heteroatoms. The monoisotopic (exact) mass is 329 g/mol. The van der Waals surface area contributed by atoms with Crippen LogP contribution in [0.25, 0.3) is 21.7 Å². The van der Waals surface area contributed by atoms with Gasteiger partial charge in [0.1, 0.15) is 0 Å². The zero-order valence-electron chi connectivity index (χ0n) is 13.6. The minimum atomic E-state index is -0.176. The Labute approximate surface area is 145 Å². The Kier molecular flexibility index (Phi) is 4.44. The Morgan fingerprint density at radius 3 is 2.60 bits per heavy atom. The summed E-state index contributed by atoms with van der Waals surface area (Å²) in [7, 11) is 0. The number of nitrogens with zero attached hydrogens (tertiary/aromatic N) is 2. The number of aromatic nitrogens is 1. The zero-order chi connectivity index (χ0) is 17.8. The first kappa shape index (κ1) is 16.2. The fourth-order valence-electron chi connectivity index (χ4n) is 2.55. The van der Waals surface area contributed by atoms with E-state index in [1.165, 1.54) is 17.6 Å². The number of amides is 1. The van der Waals surface area contributed by atoms with Crippen LogP contribution in [0.15, 0.2) is 71.7 Å². The van der Waals surface area contributed by atoms with Crippen molar-refractivity contribution in [3.05, 3.63) is 88.6 Å². The average molecular weight is 329 g/mol. The van der Waals surface area contributed by atoms with Gasteiger partial charge in [-0.05, 0) is 41.5 Å². The number of hydrogen-bond acceptors (Lipinski definition) is 2. The van der Waals surface area contributed by atoms with E-state index in [1.807, 2.05) is 12.1 Å². The largest absolute Gasteiger partial charge is 0.326 e. The van der Waals surface area contributed by atoms with E-state index in [2.05, 4.69) is 10.2 Å². The molecule has 0 aliphatic heterocycles. The van der Waals surface area contributed by atoms with Gasteiger partial charge < -0.3 is 5.32 Å². The number of pyridine rings is 1. The quantitative estimate of drug-likeness (QED) is 0.738. The van der Waals surface area contributed by atoms with Crippen LogP contribution >= 0.6 is 0 Å². The summed E-state index contributed by atoms with van der Waals surface area (Å²) >= 11 is 0. The lowest BCUT2D eigenvalue weighted by Crippen LogP contribution is -2.16. The highest BCUT2D eigenvalue weighted by Crippen LogP contribution is 2.24. The molecule has 0 unspecified atom stereocenters. The van der Waals surface area contributed by atoms with Crippen LogP contribution < -0.4 is 10.9 Å². The van der Waals surface area contributed by atoms with Crippen LogP contribution in [0, 0.1) is 6.57 Å². The molecule has 2 aromatic carbocycles. The molecule has 0 spiro atoms. The number of hydrogen-bond donors (Lipinski definition) is 1. The summed E-state index contributed by atoms with van der Waals surface area (Å²) in [4.78, 5) is 26.9. The van der Waals surface area contributed by atoms with Crippen molar-refractivity contribution in [1.29, 1.82) is 0 Å². The second-order valence-corrected chi connectivity index (χ2v) is 5.52. The van der Waals surface area contributed by atoms with Gasteiger partial charge in [0.05, 0.1) is 12.3 Å². The second-order valence-electron chi connectivity index (χ2n) is 5.52. The predicted octanol–water partition coefficient (Wildman–Crippen LogP) is 4.01. The van der Waals surface area contributed by atoms with E-state index in [0.717, 1.165) is 11.1 Å². The molecule has 0 atom stereocenters. The second kappa shape index (κ2) is 6.85. The van der Waals surface area contributed by atoms with Crippen LogP contribution in [-0.2, 0) is 4.79 Å². The number of nitrogens with one attached hydrogen (secondary N) is 1. The summed E-state index contributed by atoms with van der Waals surface area (Å²) in [5.74, 6) is -0.172. The molecule has 0 saturated heterocycles. The van der Waals surface area contributed by atoms with Crippen LogP contribution in [-0.4, -0.2) is 10.5 Å². The third-order valence-corrected chi connectivity index (χ3v) is 3.66. The maximum Gasteiger partial charge on any atom is 0.255 e. The van der Waals surface area contributed by atoms with Crippen molar-refractivity contribution in [2.45, 2.75) is 6.92 Å². The maximum atomic E-state index is 12.3. The van der Waals surface area contributed by atoms with Crippen LogP contribution in [0.3, 0.4) is 0 Å². The van der Waals surface area contributed by atoms with E-state index < -0.39 is 0 Å². The zero-order valence-corrected chi connectivity index (χ0v) is 13.6. The topological polar surface area (TPSA) is 55.5 Å². The molecule has 0 fully saturated rings. The van der Waals surface area contributed by atoms with Crippen molar-refractivity contribution in [3.63, 3.8) is 0 Å². The standard InChI is InChI=1S/C20H15N3O2/c1-14(24)22-18-7-4-8-19(12-18)23-13-16(9-10-20(23)25)15-5-3-6-17(11-15)21-2/h3-13H,1H3,(H,22,24). The van der Waals surface area contributed by atoms with Gasteiger partial charge in [-0.2, -0.15) is 0 Å². The molecular weight excluding hydrogens is 314 g/mol. The van der Waals surface area contributed by atoms with Gasteiger partial charge >= 0.3 is 0 Å². The molecule has 3 rings (SSSR count). The number of benzene rings is 2. The van der Waals surface area contributed by atoms with Gasteiger partial charge in [0.25, 0.3) is 5.56 Å². The smallest absolute Gasteiger partial charge is 0.255 e. The molecule has 25 heavy (non-hydrogen) atoms. The first-order chi connectivity index (χ1) is 12.1. The Hall–Kier alpha value is -3.65. The summed E-state index contributed by atoms with van der Waals surface area (Å²) in [6, 6.07) is 17.5. The summed E-state index contributed by atoms with van der Waals surface area (Å²) < 4.78 is 1.52. The lowest BCUT2D eigenvalue weighted by Gasteiger charge is -2.11. The molecule has 0 bridgehead atoms. The number of carbonyl (C=O) groups excluding carboxylic acids is 1. The molecule has 0 saturated carbocycles. The molecule has 122 valence electrons. The van der Waals surface area contributed by atoms with Gasteiger partial charge in [0.2, 0.25) is 5.91 Å². The first-order valence-electron chi connectivity index (χ1n) is 7.65. The molecule has 0 aliphatic rings. The van der Waals surface area contributed by atoms with Gasteiger partial charge in [-0.15, -0.1) is 0 Å². The lowest BCUT2D eigenvalue weighted by molar-refractivity contribution is -0.114. The Balaban J connectivity index is 2.07. The molecular formula is C20H15N3O2. The van der Waals surface area contributed by atoms with Gasteiger partial charge in [-0.1, -0.05) is 24.3 Å². The minimum Gasteiger partial charge on any atom is -0.326 e. The molecule has 5 nitrogen and oxygen atoms in total. The van der Waals surface area contributed by atoms with E-state index >= 15 is 0 Å².